The topological polar surface area (TPSA) is 0 Å². The van der Waals surface area contributed by atoms with E-state index in [1.807, 2.05) is 13.8 Å². The third-order valence-electron chi connectivity index (χ3n) is 3.24. The second-order valence-corrected chi connectivity index (χ2v) is 4.08. The number of hydrogen-bond acceptors (Lipinski definition) is 0. The van der Waals surface area contributed by atoms with Gasteiger partial charge < -0.3 is 0 Å². The Morgan fingerprint density at radius 3 is 2.93 bits per heavy atom. The van der Waals surface area contributed by atoms with Gasteiger partial charge in [0.2, 0.25) is 0 Å². The minimum Gasteiger partial charge on any atom is -0.0802 e. The Labute approximate surface area is 86.7 Å². The molecule has 0 saturated heterocycles. The van der Waals surface area contributed by atoms with Gasteiger partial charge in [0.25, 0.3) is 0 Å². The van der Waals surface area contributed by atoms with E-state index in [1.54, 1.807) is 0 Å². The maximum absolute atomic E-state index is 2.39. The highest BCUT2D eigenvalue weighted by Gasteiger charge is 2.53. The van der Waals surface area contributed by atoms with Crippen LogP contribution in [-0.2, 0) is 0 Å². The molecule has 14 heavy (non-hydrogen) atoms. The van der Waals surface area contributed by atoms with Gasteiger partial charge in [-0.3, -0.25) is 0 Å². The summed E-state index contributed by atoms with van der Waals surface area (Å²) in [6.07, 6.45) is 15.1. The van der Waals surface area contributed by atoms with Crippen molar-refractivity contribution in [1.29, 1.82) is 0 Å². The van der Waals surface area contributed by atoms with Gasteiger partial charge in [-0.25, -0.2) is 0 Å². The molecule has 0 radical (unpaired) electrons. The van der Waals surface area contributed by atoms with E-state index in [4.69, 9.17) is 0 Å². The Hall–Kier alpha value is -1.04. The van der Waals surface area contributed by atoms with Crippen LogP contribution in [0.1, 0.15) is 27.2 Å². The van der Waals surface area contributed by atoms with Crippen molar-refractivity contribution in [2.75, 3.05) is 0 Å². The molecule has 0 amide bonds. The number of allylic oxidation sites excluding steroid dienone is 8. The summed E-state index contributed by atoms with van der Waals surface area (Å²) in [5, 5.41) is 0. The van der Waals surface area contributed by atoms with Gasteiger partial charge in [-0.15, -0.1) is 0 Å². The molecule has 2 atom stereocenters. The molecule has 3 aliphatic rings. The molecule has 3 rings (SSSR count). The van der Waals surface area contributed by atoms with Crippen molar-refractivity contribution in [2.24, 2.45) is 11.3 Å². The molecule has 74 valence electrons. The van der Waals surface area contributed by atoms with E-state index in [1.165, 1.54) is 17.6 Å². The highest BCUT2D eigenvalue weighted by molar-refractivity contribution is 5.52. The number of rotatable bonds is 0. The summed E-state index contributed by atoms with van der Waals surface area (Å²) in [7, 11) is 0. The van der Waals surface area contributed by atoms with Gasteiger partial charge in [-0.05, 0) is 24.8 Å². The fraction of sp³-hybridized carbons (Fsp3) is 0.429. The molecular formula is C14H18. The lowest BCUT2D eigenvalue weighted by atomic mass is 9.84. The Balaban J connectivity index is 0.000000354. The van der Waals surface area contributed by atoms with Crippen molar-refractivity contribution < 1.29 is 0 Å². The quantitative estimate of drug-likeness (QED) is 0.536. The number of hydrogen-bond donors (Lipinski definition) is 0. The van der Waals surface area contributed by atoms with Crippen LogP contribution in [0.5, 0.6) is 0 Å². The third-order valence-corrected chi connectivity index (χ3v) is 3.24. The van der Waals surface area contributed by atoms with Gasteiger partial charge in [0, 0.05) is 5.41 Å². The Bertz CT molecular complexity index is 352. The smallest absolute Gasteiger partial charge is 0.0204 e. The highest BCUT2D eigenvalue weighted by Crippen LogP contribution is 2.62. The molecule has 0 aliphatic heterocycles. The third kappa shape index (κ3) is 1.21. The van der Waals surface area contributed by atoms with E-state index in [2.05, 4.69) is 43.4 Å². The first-order valence-corrected chi connectivity index (χ1v) is 5.58. The molecule has 1 saturated carbocycles. The van der Waals surface area contributed by atoms with Gasteiger partial charge in [-0.2, -0.15) is 0 Å². The molecule has 0 aromatic heterocycles. The largest absolute Gasteiger partial charge is 0.0802 e. The maximum Gasteiger partial charge on any atom is 0.0204 e. The average Bonchev–Trinajstić information content (AvgIpc) is 2.94. The van der Waals surface area contributed by atoms with Gasteiger partial charge >= 0.3 is 0 Å². The minimum absolute atomic E-state index is 0.439. The van der Waals surface area contributed by atoms with E-state index in [9.17, 15) is 0 Å². The van der Waals surface area contributed by atoms with Crippen molar-refractivity contribution in [1.82, 2.24) is 0 Å². The molecule has 3 aliphatic carbocycles. The molecule has 0 heteroatoms. The molecule has 1 fully saturated rings. The minimum atomic E-state index is 0.439. The lowest BCUT2D eigenvalue weighted by Crippen LogP contribution is -2.08. The van der Waals surface area contributed by atoms with Crippen molar-refractivity contribution in [3.63, 3.8) is 0 Å². The van der Waals surface area contributed by atoms with E-state index in [-0.39, 0.29) is 0 Å². The normalized spacial score (nSPS) is 35.8. The van der Waals surface area contributed by atoms with Crippen LogP contribution in [0.25, 0.3) is 0 Å². The van der Waals surface area contributed by atoms with Crippen LogP contribution in [0.3, 0.4) is 0 Å². The average molecular weight is 186 g/mol. The lowest BCUT2D eigenvalue weighted by molar-refractivity contribution is 0.734. The molecule has 2 unspecified atom stereocenters. The summed E-state index contributed by atoms with van der Waals surface area (Å²) in [6, 6.07) is 0. The highest BCUT2D eigenvalue weighted by atomic mass is 14.6. The molecule has 1 spiro atoms. The van der Waals surface area contributed by atoms with Crippen LogP contribution in [0.2, 0.25) is 0 Å². The first kappa shape index (κ1) is 9.51. The molecule has 0 heterocycles. The zero-order valence-electron chi connectivity index (χ0n) is 9.25. The lowest BCUT2D eigenvalue weighted by Gasteiger charge is -2.20. The van der Waals surface area contributed by atoms with E-state index >= 15 is 0 Å². The van der Waals surface area contributed by atoms with Gasteiger partial charge in [0.1, 0.15) is 0 Å². The molecule has 0 bridgehead atoms. The summed E-state index contributed by atoms with van der Waals surface area (Å²) in [4.78, 5) is 0. The molecular weight excluding hydrogens is 168 g/mol. The summed E-state index contributed by atoms with van der Waals surface area (Å²) in [5.41, 5.74) is 3.34. The SMILES string of the molecule is CC.CC1=CC2=CC=CC3CC23C=C1. The van der Waals surface area contributed by atoms with Crippen molar-refractivity contribution in [3.05, 3.63) is 47.6 Å². The van der Waals surface area contributed by atoms with Crippen LogP contribution in [0, 0.1) is 11.3 Å². The monoisotopic (exact) mass is 186 g/mol. The Morgan fingerprint density at radius 2 is 2.14 bits per heavy atom. The summed E-state index contributed by atoms with van der Waals surface area (Å²) >= 11 is 0. The van der Waals surface area contributed by atoms with Crippen LogP contribution >= 0.6 is 0 Å². The summed E-state index contributed by atoms with van der Waals surface area (Å²) < 4.78 is 0. The Kier molecular flexibility index (Phi) is 2.22. The fourth-order valence-corrected chi connectivity index (χ4v) is 2.37. The molecule has 0 aromatic carbocycles. The van der Waals surface area contributed by atoms with Gasteiger partial charge in [0.15, 0.2) is 0 Å². The predicted octanol–water partition coefficient (Wildman–Crippen LogP) is 4.03. The first-order chi connectivity index (χ1) is 6.81. The second kappa shape index (κ2) is 3.27. The van der Waals surface area contributed by atoms with Crippen molar-refractivity contribution in [3.8, 4) is 0 Å². The zero-order chi connectivity index (χ0) is 10.2. The van der Waals surface area contributed by atoms with E-state index < -0.39 is 0 Å². The van der Waals surface area contributed by atoms with Crippen LogP contribution in [0.4, 0.5) is 0 Å². The van der Waals surface area contributed by atoms with Crippen molar-refractivity contribution in [2.45, 2.75) is 27.2 Å². The zero-order valence-corrected chi connectivity index (χ0v) is 9.25. The summed E-state index contributed by atoms with van der Waals surface area (Å²) in [6.45, 7) is 6.17. The van der Waals surface area contributed by atoms with E-state index in [0.717, 1.165) is 5.92 Å². The second-order valence-electron chi connectivity index (χ2n) is 4.08. The maximum atomic E-state index is 2.39. The Morgan fingerprint density at radius 1 is 1.36 bits per heavy atom. The molecule has 0 nitrogen and oxygen atoms in total. The van der Waals surface area contributed by atoms with Crippen molar-refractivity contribution >= 4 is 0 Å². The van der Waals surface area contributed by atoms with Crippen LogP contribution in [-0.4, -0.2) is 0 Å². The molecule has 0 aromatic rings. The van der Waals surface area contributed by atoms with Gasteiger partial charge in [0.05, 0.1) is 0 Å². The first-order valence-electron chi connectivity index (χ1n) is 5.58. The van der Waals surface area contributed by atoms with Gasteiger partial charge in [-0.1, -0.05) is 55.9 Å². The standard InChI is InChI=1S/C12H12.C2H6/c1-9-5-6-12-8-11(12)4-2-3-10(12)7-9;1-2/h2-7,11H,8H2,1H3;1-2H3. The van der Waals surface area contributed by atoms with Crippen LogP contribution < -0.4 is 0 Å². The summed E-state index contributed by atoms with van der Waals surface area (Å²) in [5.74, 6) is 0.804. The molecule has 0 N–H and O–H groups in total. The predicted molar refractivity (Wildman–Crippen MR) is 62.0 cm³/mol. The van der Waals surface area contributed by atoms with E-state index in [0.29, 0.717) is 5.41 Å². The van der Waals surface area contributed by atoms with Crippen LogP contribution in [0.15, 0.2) is 47.6 Å². The fourth-order valence-electron chi connectivity index (χ4n) is 2.37.